The zero-order chi connectivity index (χ0) is 16.8. The van der Waals surface area contributed by atoms with Crippen LogP contribution in [0.2, 0.25) is 0 Å². The lowest BCUT2D eigenvalue weighted by atomic mass is 9.96. The van der Waals surface area contributed by atoms with Crippen LogP contribution in [0, 0.1) is 19.8 Å². The van der Waals surface area contributed by atoms with Gasteiger partial charge in [0.2, 0.25) is 5.91 Å². The number of amides is 1. The summed E-state index contributed by atoms with van der Waals surface area (Å²) in [7, 11) is 0. The predicted molar refractivity (Wildman–Crippen MR) is 94.5 cm³/mol. The van der Waals surface area contributed by atoms with Crippen LogP contribution in [0.1, 0.15) is 75.7 Å². The first kappa shape index (κ1) is 18.0. The summed E-state index contributed by atoms with van der Waals surface area (Å²) >= 11 is 0. The number of carbonyl (C=O) groups is 1. The summed E-state index contributed by atoms with van der Waals surface area (Å²) in [6.07, 6.45) is 9.21. The van der Waals surface area contributed by atoms with Gasteiger partial charge in [-0.15, -0.1) is 0 Å². The quantitative estimate of drug-likeness (QED) is 0.894. The van der Waals surface area contributed by atoms with E-state index in [9.17, 15) is 4.79 Å². The molecule has 0 aliphatic heterocycles. The summed E-state index contributed by atoms with van der Waals surface area (Å²) in [4.78, 5) is 12.5. The van der Waals surface area contributed by atoms with Crippen LogP contribution >= 0.6 is 0 Å². The second-order valence-corrected chi connectivity index (χ2v) is 7.51. The van der Waals surface area contributed by atoms with Crippen molar-refractivity contribution in [2.75, 3.05) is 0 Å². The van der Waals surface area contributed by atoms with Gasteiger partial charge in [0.05, 0.1) is 12.1 Å². The molecule has 0 saturated heterocycles. The number of aryl methyl sites for hydroxylation is 1. The molecule has 0 unspecified atom stereocenters. The highest BCUT2D eigenvalue weighted by atomic mass is 16.1. The number of carbonyl (C=O) groups excluding carboxylic acids is 1. The fourth-order valence-corrected chi connectivity index (χ4v) is 3.55. The molecule has 1 aliphatic carbocycles. The SMILES string of the molecule is Cc1nn(CC(C)C)c(C)c1CC(=O)NC1CCCCCCC1. The van der Waals surface area contributed by atoms with Crippen molar-refractivity contribution in [1.82, 2.24) is 15.1 Å². The van der Waals surface area contributed by atoms with Gasteiger partial charge in [-0.1, -0.05) is 46.0 Å². The van der Waals surface area contributed by atoms with Gasteiger partial charge in [0, 0.05) is 23.8 Å². The third-order valence-electron chi connectivity index (χ3n) is 4.88. The molecule has 4 nitrogen and oxygen atoms in total. The molecule has 1 aromatic rings. The molecule has 1 fully saturated rings. The van der Waals surface area contributed by atoms with Crippen molar-refractivity contribution in [2.45, 2.75) is 91.6 Å². The van der Waals surface area contributed by atoms with Crippen LogP contribution in [0.25, 0.3) is 0 Å². The fourth-order valence-electron chi connectivity index (χ4n) is 3.55. The van der Waals surface area contributed by atoms with E-state index < -0.39 is 0 Å². The first-order chi connectivity index (χ1) is 11.0. The first-order valence-electron chi connectivity index (χ1n) is 9.29. The summed E-state index contributed by atoms with van der Waals surface area (Å²) in [5, 5.41) is 7.88. The summed E-state index contributed by atoms with van der Waals surface area (Å²) in [6, 6.07) is 0.370. The predicted octanol–water partition coefficient (Wildman–Crippen LogP) is 3.93. The largest absolute Gasteiger partial charge is 0.353 e. The van der Waals surface area contributed by atoms with E-state index in [1.807, 2.05) is 6.92 Å². The minimum absolute atomic E-state index is 0.158. The van der Waals surface area contributed by atoms with Crippen LogP contribution in [0.15, 0.2) is 0 Å². The lowest BCUT2D eigenvalue weighted by Gasteiger charge is -2.21. The van der Waals surface area contributed by atoms with Gasteiger partial charge in [0.25, 0.3) is 0 Å². The molecule has 1 aromatic heterocycles. The van der Waals surface area contributed by atoms with E-state index >= 15 is 0 Å². The van der Waals surface area contributed by atoms with Crippen LogP contribution in [0.4, 0.5) is 0 Å². The highest BCUT2D eigenvalue weighted by Gasteiger charge is 2.18. The van der Waals surface area contributed by atoms with Gasteiger partial charge in [-0.05, 0) is 32.6 Å². The Labute approximate surface area is 141 Å². The molecule has 4 heteroatoms. The molecule has 0 atom stereocenters. The van der Waals surface area contributed by atoms with Crippen LogP contribution in [-0.2, 0) is 17.8 Å². The third kappa shape index (κ3) is 5.36. The van der Waals surface area contributed by atoms with Crippen molar-refractivity contribution >= 4 is 5.91 Å². The van der Waals surface area contributed by atoms with Gasteiger partial charge in [0.15, 0.2) is 0 Å². The second-order valence-electron chi connectivity index (χ2n) is 7.51. The van der Waals surface area contributed by atoms with Crippen molar-refractivity contribution in [2.24, 2.45) is 5.92 Å². The molecular weight excluding hydrogens is 286 g/mol. The molecule has 0 radical (unpaired) electrons. The summed E-state index contributed by atoms with van der Waals surface area (Å²) < 4.78 is 2.05. The van der Waals surface area contributed by atoms with E-state index in [4.69, 9.17) is 0 Å². The third-order valence-corrected chi connectivity index (χ3v) is 4.88. The highest BCUT2D eigenvalue weighted by Crippen LogP contribution is 2.18. The van der Waals surface area contributed by atoms with Crippen LogP contribution < -0.4 is 5.32 Å². The van der Waals surface area contributed by atoms with E-state index in [0.29, 0.717) is 18.4 Å². The number of nitrogens with zero attached hydrogens (tertiary/aromatic N) is 2. The van der Waals surface area contributed by atoms with E-state index in [1.54, 1.807) is 0 Å². The van der Waals surface area contributed by atoms with Gasteiger partial charge in [-0.2, -0.15) is 5.10 Å². The molecule has 2 rings (SSSR count). The molecule has 1 heterocycles. The molecule has 23 heavy (non-hydrogen) atoms. The standard InChI is InChI=1S/C19H33N3O/c1-14(2)13-22-16(4)18(15(3)21-22)12-19(23)20-17-10-8-6-5-7-9-11-17/h14,17H,5-13H2,1-4H3,(H,20,23). The summed E-state index contributed by atoms with van der Waals surface area (Å²) in [5.41, 5.74) is 3.24. The molecule has 1 aliphatic rings. The van der Waals surface area contributed by atoms with Gasteiger partial charge in [-0.25, -0.2) is 0 Å². The minimum Gasteiger partial charge on any atom is -0.353 e. The number of aromatic nitrogens is 2. The Hall–Kier alpha value is -1.32. The van der Waals surface area contributed by atoms with Crippen molar-refractivity contribution in [3.63, 3.8) is 0 Å². The Kier molecular flexibility index (Phi) is 6.67. The van der Waals surface area contributed by atoms with E-state index in [1.165, 1.54) is 32.1 Å². The highest BCUT2D eigenvalue weighted by molar-refractivity contribution is 5.79. The number of nitrogens with one attached hydrogen (secondary N) is 1. The minimum atomic E-state index is 0.158. The van der Waals surface area contributed by atoms with E-state index in [0.717, 1.165) is 36.3 Å². The maximum absolute atomic E-state index is 12.5. The van der Waals surface area contributed by atoms with Gasteiger partial charge >= 0.3 is 0 Å². The zero-order valence-electron chi connectivity index (χ0n) is 15.3. The average Bonchev–Trinajstić information content (AvgIpc) is 2.69. The Morgan fingerprint density at radius 3 is 2.39 bits per heavy atom. The lowest BCUT2D eigenvalue weighted by molar-refractivity contribution is -0.121. The van der Waals surface area contributed by atoms with Crippen LogP contribution in [-0.4, -0.2) is 21.7 Å². The second kappa shape index (κ2) is 8.51. The molecule has 0 bridgehead atoms. The van der Waals surface area contributed by atoms with Gasteiger partial charge in [0.1, 0.15) is 0 Å². The molecule has 130 valence electrons. The number of hydrogen-bond acceptors (Lipinski definition) is 2. The van der Waals surface area contributed by atoms with Crippen molar-refractivity contribution in [3.05, 3.63) is 17.0 Å². The molecular formula is C19H33N3O. The van der Waals surface area contributed by atoms with Crippen molar-refractivity contribution in [3.8, 4) is 0 Å². The van der Waals surface area contributed by atoms with Crippen LogP contribution in [0.3, 0.4) is 0 Å². The summed E-state index contributed by atoms with van der Waals surface area (Å²) in [5.74, 6) is 0.718. The van der Waals surface area contributed by atoms with Crippen molar-refractivity contribution < 1.29 is 4.79 Å². The Balaban J connectivity index is 1.95. The molecule has 1 N–H and O–H groups in total. The molecule has 1 amide bonds. The molecule has 0 spiro atoms. The topological polar surface area (TPSA) is 46.9 Å². The fraction of sp³-hybridized carbons (Fsp3) is 0.789. The monoisotopic (exact) mass is 319 g/mol. The van der Waals surface area contributed by atoms with Crippen LogP contribution in [0.5, 0.6) is 0 Å². The first-order valence-corrected chi connectivity index (χ1v) is 9.29. The lowest BCUT2D eigenvalue weighted by Crippen LogP contribution is -2.36. The number of hydrogen-bond donors (Lipinski definition) is 1. The Morgan fingerprint density at radius 1 is 1.17 bits per heavy atom. The van der Waals surface area contributed by atoms with Gasteiger partial charge in [-0.3, -0.25) is 9.48 Å². The average molecular weight is 319 g/mol. The number of rotatable bonds is 5. The Bertz CT molecular complexity index is 511. The van der Waals surface area contributed by atoms with E-state index in [-0.39, 0.29) is 5.91 Å². The molecule has 1 saturated carbocycles. The normalized spacial score (nSPS) is 17.1. The zero-order valence-corrected chi connectivity index (χ0v) is 15.3. The Morgan fingerprint density at radius 2 is 1.78 bits per heavy atom. The smallest absolute Gasteiger partial charge is 0.224 e. The van der Waals surface area contributed by atoms with E-state index in [2.05, 4.69) is 35.9 Å². The van der Waals surface area contributed by atoms with Gasteiger partial charge < -0.3 is 5.32 Å². The van der Waals surface area contributed by atoms with Crippen molar-refractivity contribution in [1.29, 1.82) is 0 Å². The maximum atomic E-state index is 12.5. The summed E-state index contributed by atoms with van der Waals surface area (Å²) in [6.45, 7) is 9.40. The maximum Gasteiger partial charge on any atom is 0.224 e. The molecule has 0 aromatic carbocycles.